The molecular weight excluding hydrogens is 400 g/mol. The highest BCUT2D eigenvalue weighted by Gasteiger charge is 2.31. The Morgan fingerprint density at radius 3 is 2.62 bits per heavy atom. The van der Waals surface area contributed by atoms with Crippen molar-refractivity contribution in [1.82, 2.24) is 5.32 Å². The highest BCUT2D eigenvalue weighted by molar-refractivity contribution is 5.98. The molecule has 0 radical (unpaired) electrons. The Labute approximate surface area is 190 Å². The number of nitrogens with one attached hydrogen (secondary N) is 1. The van der Waals surface area contributed by atoms with E-state index >= 15 is 0 Å². The van der Waals surface area contributed by atoms with Crippen molar-refractivity contribution in [3.63, 3.8) is 0 Å². The topological polar surface area (TPSA) is 101 Å². The average Bonchev–Trinajstić information content (AvgIpc) is 2.93. The minimum absolute atomic E-state index is 0.0122. The number of amides is 2. The average molecular weight is 435 g/mol. The Morgan fingerprint density at radius 1 is 1.06 bits per heavy atom. The molecule has 2 aliphatic rings. The quantitative estimate of drug-likeness (QED) is 0.582. The van der Waals surface area contributed by atoms with Gasteiger partial charge in [0, 0.05) is 17.3 Å². The van der Waals surface area contributed by atoms with Crippen molar-refractivity contribution < 1.29 is 9.59 Å². The van der Waals surface area contributed by atoms with Gasteiger partial charge in [0.25, 0.3) is 0 Å². The van der Waals surface area contributed by atoms with Gasteiger partial charge in [-0.2, -0.15) is 0 Å². The second kappa shape index (κ2) is 10.2. The van der Waals surface area contributed by atoms with Gasteiger partial charge in [0.2, 0.25) is 11.8 Å². The molecule has 2 aromatic rings. The molecule has 5 N–H and O–H groups in total. The monoisotopic (exact) mass is 434 g/mol. The number of anilines is 2. The lowest BCUT2D eigenvalue weighted by molar-refractivity contribution is -0.123. The smallest absolute Gasteiger partial charge is 0.244 e. The number of nitrogen functional groups attached to an aromatic ring is 1. The number of para-hydroxylation sites is 1. The number of nitrogens with two attached hydrogens (primary N) is 2. The van der Waals surface area contributed by atoms with Gasteiger partial charge in [0.05, 0.1) is 12.6 Å². The maximum absolute atomic E-state index is 13.6. The summed E-state index contributed by atoms with van der Waals surface area (Å²) in [6.07, 6.45) is 6.61. The number of fused-ring (bicyclic) bond motifs is 1. The first kappa shape index (κ1) is 22.3. The van der Waals surface area contributed by atoms with E-state index in [4.69, 9.17) is 11.5 Å². The third kappa shape index (κ3) is 5.30. The van der Waals surface area contributed by atoms with Gasteiger partial charge >= 0.3 is 0 Å². The summed E-state index contributed by atoms with van der Waals surface area (Å²) in [5.41, 5.74) is 15.3. The summed E-state index contributed by atoms with van der Waals surface area (Å²) in [5.74, 6) is 0.457. The van der Waals surface area contributed by atoms with Gasteiger partial charge in [-0.25, -0.2) is 0 Å². The fourth-order valence-corrected chi connectivity index (χ4v) is 5.15. The largest absolute Gasteiger partial charge is 0.399 e. The van der Waals surface area contributed by atoms with E-state index in [9.17, 15) is 9.59 Å². The van der Waals surface area contributed by atoms with Gasteiger partial charge in [0.15, 0.2) is 0 Å². The third-order valence-corrected chi connectivity index (χ3v) is 7.00. The fourth-order valence-electron chi connectivity index (χ4n) is 5.15. The zero-order valence-electron chi connectivity index (χ0n) is 18.6. The zero-order chi connectivity index (χ0) is 22.5. The van der Waals surface area contributed by atoms with Crippen molar-refractivity contribution in [1.29, 1.82) is 0 Å². The number of aryl methyl sites for hydroxylation is 1. The second-order valence-electron chi connectivity index (χ2n) is 9.26. The van der Waals surface area contributed by atoms with Crippen LogP contribution in [-0.2, 0) is 22.6 Å². The lowest BCUT2D eigenvalue weighted by Gasteiger charge is -2.29. The molecule has 6 heteroatoms. The van der Waals surface area contributed by atoms with Gasteiger partial charge in [-0.3, -0.25) is 9.59 Å². The number of rotatable bonds is 7. The molecule has 1 heterocycles. The van der Waals surface area contributed by atoms with Gasteiger partial charge in [-0.15, -0.1) is 0 Å². The Kier molecular flexibility index (Phi) is 7.10. The van der Waals surface area contributed by atoms with Crippen molar-refractivity contribution >= 4 is 23.2 Å². The minimum Gasteiger partial charge on any atom is -0.399 e. The van der Waals surface area contributed by atoms with Crippen LogP contribution in [0.25, 0.3) is 0 Å². The molecule has 0 unspecified atom stereocenters. The van der Waals surface area contributed by atoms with E-state index in [2.05, 4.69) is 11.4 Å². The Hall–Kier alpha value is -2.86. The molecule has 2 amide bonds. The van der Waals surface area contributed by atoms with E-state index < -0.39 is 0 Å². The number of benzene rings is 2. The van der Waals surface area contributed by atoms with Gasteiger partial charge < -0.3 is 21.7 Å². The summed E-state index contributed by atoms with van der Waals surface area (Å²) < 4.78 is 0. The highest BCUT2D eigenvalue weighted by Crippen LogP contribution is 2.31. The van der Waals surface area contributed by atoms with Crippen LogP contribution in [0.2, 0.25) is 0 Å². The van der Waals surface area contributed by atoms with Crippen molar-refractivity contribution in [2.24, 2.45) is 17.6 Å². The zero-order valence-corrected chi connectivity index (χ0v) is 18.6. The molecule has 170 valence electrons. The molecule has 0 saturated heterocycles. The molecule has 0 spiro atoms. The van der Waals surface area contributed by atoms with Gasteiger partial charge in [0.1, 0.15) is 0 Å². The first-order chi connectivity index (χ1) is 15.5. The van der Waals surface area contributed by atoms with E-state index in [1.54, 1.807) is 0 Å². The molecule has 4 rings (SSSR count). The first-order valence-corrected chi connectivity index (χ1v) is 11.8. The van der Waals surface area contributed by atoms with E-state index in [-0.39, 0.29) is 23.8 Å². The molecule has 1 fully saturated rings. The molecule has 2 aromatic carbocycles. The Morgan fingerprint density at radius 2 is 1.84 bits per heavy atom. The van der Waals surface area contributed by atoms with Crippen LogP contribution in [0.4, 0.5) is 11.4 Å². The van der Waals surface area contributed by atoms with E-state index in [0.29, 0.717) is 12.5 Å². The van der Waals surface area contributed by atoms with Crippen molar-refractivity contribution in [2.45, 2.75) is 57.5 Å². The van der Waals surface area contributed by atoms with Crippen molar-refractivity contribution in [3.05, 3.63) is 59.7 Å². The molecule has 0 aromatic heterocycles. The lowest BCUT2D eigenvalue weighted by Crippen LogP contribution is -2.46. The normalized spacial score (nSPS) is 23.4. The van der Waals surface area contributed by atoms with Crippen LogP contribution in [0, 0.1) is 11.8 Å². The van der Waals surface area contributed by atoms with Crippen molar-refractivity contribution in [2.75, 3.05) is 17.2 Å². The number of hydrogen-bond acceptors (Lipinski definition) is 4. The molecule has 32 heavy (non-hydrogen) atoms. The Balaban J connectivity index is 1.43. The fraction of sp³-hybridized carbons (Fsp3) is 0.462. The third-order valence-electron chi connectivity index (χ3n) is 7.00. The highest BCUT2D eigenvalue weighted by atomic mass is 16.2. The van der Waals surface area contributed by atoms with E-state index in [0.717, 1.165) is 68.4 Å². The molecular formula is C26H34N4O2. The van der Waals surface area contributed by atoms with E-state index in [1.165, 1.54) is 5.56 Å². The molecule has 0 bridgehead atoms. The van der Waals surface area contributed by atoms with Gasteiger partial charge in [-0.05, 0) is 73.9 Å². The van der Waals surface area contributed by atoms with Crippen LogP contribution in [0.3, 0.4) is 0 Å². The number of carbonyl (C=O) groups excluding carboxylic acids is 2. The van der Waals surface area contributed by atoms with Crippen LogP contribution in [0.15, 0.2) is 48.5 Å². The summed E-state index contributed by atoms with van der Waals surface area (Å²) >= 11 is 0. The minimum atomic E-state index is -0.216. The Bertz CT molecular complexity index is 943. The second-order valence-corrected chi connectivity index (χ2v) is 9.26. The lowest BCUT2D eigenvalue weighted by atomic mass is 9.79. The van der Waals surface area contributed by atoms with Gasteiger partial charge in [-0.1, -0.05) is 43.2 Å². The summed E-state index contributed by atoms with van der Waals surface area (Å²) in [5, 5.41) is 3.54. The maximum atomic E-state index is 13.6. The number of nitrogens with zero attached hydrogens (tertiary/aromatic N) is 1. The summed E-state index contributed by atoms with van der Waals surface area (Å²) in [6, 6.07) is 15.7. The van der Waals surface area contributed by atoms with Crippen LogP contribution in [0.5, 0.6) is 0 Å². The van der Waals surface area contributed by atoms with Crippen molar-refractivity contribution in [3.8, 4) is 0 Å². The molecule has 1 aliphatic heterocycles. The van der Waals surface area contributed by atoms with Crippen LogP contribution in [-0.4, -0.2) is 24.4 Å². The molecule has 6 nitrogen and oxygen atoms in total. The predicted octanol–water partition coefficient (Wildman–Crippen LogP) is 3.39. The van der Waals surface area contributed by atoms with Crippen LogP contribution in [0.1, 0.15) is 49.7 Å². The van der Waals surface area contributed by atoms with Crippen LogP contribution >= 0.6 is 0 Å². The predicted molar refractivity (Wildman–Crippen MR) is 128 cm³/mol. The summed E-state index contributed by atoms with van der Waals surface area (Å²) in [6.45, 7) is 1.30. The first-order valence-electron chi connectivity index (χ1n) is 11.8. The number of hydrogen-bond donors (Lipinski definition) is 3. The SMILES string of the molecule is NC(=O)[C@H]1CCC[C@H](CCN[C@H]2CCc3ccccc3N(Cc3ccc(N)cc3)C2=O)C1. The van der Waals surface area contributed by atoms with Crippen LogP contribution < -0.4 is 21.7 Å². The molecule has 1 aliphatic carbocycles. The van der Waals surface area contributed by atoms with E-state index in [1.807, 2.05) is 47.4 Å². The number of carbonyl (C=O) groups is 2. The summed E-state index contributed by atoms with van der Waals surface area (Å²) in [7, 11) is 0. The maximum Gasteiger partial charge on any atom is 0.244 e. The summed E-state index contributed by atoms with van der Waals surface area (Å²) in [4.78, 5) is 27.1. The number of primary amides is 1. The molecule has 3 atom stereocenters. The molecule has 1 saturated carbocycles. The standard InChI is InChI=1S/C26H34N4O2/c27-22-11-8-19(9-12-22)17-30-24-7-2-1-5-20(24)10-13-23(26(30)32)29-15-14-18-4-3-6-21(16-18)25(28)31/h1-2,5,7-9,11-12,18,21,23,29H,3-4,6,10,13-17,27H2,(H2,28,31)/t18-,21+,23+/m1/s1.